The van der Waals surface area contributed by atoms with Gasteiger partial charge in [-0.15, -0.1) is 11.3 Å². The lowest BCUT2D eigenvalue weighted by Gasteiger charge is -2.35. The van der Waals surface area contributed by atoms with Crippen LogP contribution in [0.2, 0.25) is 0 Å². The molecule has 2 aromatic rings. The number of nitrogens with zero attached hydrogens (tertiary/aromatic N) is 2. The Kier molecular flexibility index (Phi) is 4.36. The minimum Gasteiger partial charge on any atom is -0.364 e. The predicted octanol–water partition coefficient (Wildman–Crippen LogP) is 2.52. The Morgan fingerprint density at radius 1 is 1.62 bits per heavy atom. The van der Waals surface area contributed by atoms with E-state index in [0.717, 1.165) is 25.2 Å². The maximum atomic E-state index is 12.4. The van der Waals surface area contributed by atoms with Crippen LogP contribution in [0, 0.1) is 0 Å². The molecule has 1 N–H and O–H groups in total. The van der Waals surface area contributed by atoms with Gasteiger partial charge in [-0.05, 0) is 29.9 Å². The highest BCUT2D eigenvalue weighted by molar-refractivity contribution is 7.10. The number of aromatic amines is 1. The van der Waals surface area contributed by atoms with Crippen molar-refractivity contribution in [3.8, 4) is 0 Å². The molecule has 0 spiro atoms. The molecule has 21 heavy (non-hydrogen) atoms. The number of carbonyl (C=O) groups excluding carboxylic acids is 1. The summed E-state index contributed by atoms with van der Waals surface area (Å²) >= 11 is 1.79. The van der Waals surface area contributed by atoms with Crippen LogP contribution in [0.3, 0.4) is 0 Å². The van der Waals surface area contributed by atoms with Crippen molar-refractivity contribution < 1.29 is 9.53 Å². The van der Waals surface area contributed by atoms with E-state index in [1.54, 1.807) is 23.7 Å². The Hall–Kier alpha value is -1.66. The van der Waals surface area contributed by atoms with E-state index in [9.17, 15) is 4.79 Å². The summed E-state index contributed by atoms with van der Waals surface area (Å²) in [7, 11) is 0. The molecule has 0 saturated carbocycles. The van der Waals surface area contributed by atoms with Gasteiger partial charge in [0.15, 0.2) is 0 Å². The molecule has 112 valence electrons. The second-order valence-corrected chi connectivity index (χ2v) is 6.09. The van der Waals surface area contributed by atoms with Gasteiger partial charge in [-0.2, -0.15) is 0 Å². The molecular weight excluding hydrogens is 286 g/mol. The van der Waals surface area contributed by atoms with Crippen molar-refractivity contribution >= 4 is 17.2 Å². The van der Waals surface area contributed by atoms with Gasteiger partial charge in [-0.3, -0.25) is 4.79 Å². The molecule has 0 fully saturated rings. The van der Waals surface area contributed by atoms with Crippen LogP contribution >= 0.6 is 11.3 Å². The van der Waals surface area contributed by atoms with E-state index in [2.05, 4.69) is 28.3 Å². The molecular formula is C15H19N3O2S. The van der Waals surface area contributed by atoms with Crippen LogP contribution in [0.4, 0.5) is 0 Å². The zero-order chi connectivity index (χ0) is 14.7. The van der Waals surface area contributed by atoms with Crippen molar-refractivity contribution in [1.82, 2.24) is 14.9 Å². The second kappa shape index (κ2) is 6.41. The first-order valence-corrected chi connectivity index (χ1v) is 8.09. The zero-order valence-electron chi connectivity index (χ0n) is 12.0. The Bertz CT molecular complexity index is 594. The summed E-state index contributed by atoms with van der Waals surface area (Å²) in [5, 5.41) is 2.12. The van der Waals surface area contributed by atoms with Crippen molar-refractivity contribution in [3.63, 3.8) is 0 Å². The van der Waals surface area contributed by atoms with Gasteiger partial charge < -0.3 is 14.6 Å². The van der Waals surface area contributed by atoms with Gasteiger partial charge in [0.25, 0.3) is 0 Å². The Morgan fingerprint density at radius 2 is 2.52 bits per heavy atom. The molecule has 0 bridgehead atoms. The van der Waals surface area contributed by atoms with Crippen LogP contribution in [0.1, 0.15) is 35.7 Å². The number of imidazole rings is 1. The summed E-state index contributed by atoms with van der Waals surface area (Å²) in [6.45, 7) is 3.36. The van der Waals surface area contributed by atoms with Crippen molar-refractivity contribution in [1.29, 1.82) is 0 Å². The molecule has 2 aromatic heterocycles. The topological polar surface area (TPSA) is 58.2 Å². The maximum Gasteiger partial charge on any atom is 0.249 e. The Morgan fingerprint density at radius 3 is 3.29 bits per heavy atom. The molecule has 0 radical (unpaired) electrons. The van der Waals surface area contributed by atoms with E-state index in [-0.39, 0.29) is 18.6 Å². The number of hydrogen-bond donors (Lipinski definition) is 1. The normalized spacial score (nSPS) is 17.8. The number of aromatic nitrogens is 2. The largest absolute Gasteiger partial charge is 0.364 e. The van der Waals surface area contributed by atoms with Gasteiger partial charge in [0.2, 0.25) is 5.91 Å². The first-order valence-electron chi connectivity index (χ1n) is 7.21. The molecule has 1 atom stereocenters. The van der Waals surface area contributed by atoms with Crippen LogP contribution < -0.4 is 0 Å². The summed E-state index contributed by atoms with van der Waals surface area (Å²) in [6.07, 6.45) is 5.31. The maximum absolute atomic E-state index is 12.4. The standard InChI is InChI=1S/C15H19N3O2S/c1-2-12-11-4-8-21-13(11)3-7-18(12)15(19)10-20-9-14-16-5-6-17-14/h4-6,8,12H,2-3,7,9-10H2,1H3,(H,16,17)/t12-/m1/s1. The van der Waals surface area contributed by atoms with E-state index in [4.69, 9.17) is 4.74 Å². The SMILES string of the molecule is CC[C@@H]1c2ccsc2CCN1C(=O)COCc1ncc[nH]1. The molecule has 0 aromatic carbocycles. The highest BCUT2D eigenvalue weighted by Gasteiger charge is 2.30. The van der Waals surface area contributed by atoms with E-state index < -0.39 is 0 Å². The summed E-state index contributed by atoms with van der Waals surface area (Å²) < 4.78 is 5.47. The smallest absolute Gasteiger partial charge is 0.249 e. The Balaban J connectivity index is 1.59. The lowest BCUT2D eigenvalue weighted by atomic mass is 9.98. The zero-order valence-corrected chi connectivity index (χ0v) is 12.9. The lowest BCUT2D eigenvalue weighted by molar-refractivity contribution is -0.139. The number of nitrogens with one attached hydrogen (secondary N) is 1. The average molecular weight is 305 g/mol. The monoisotopic (exact) mass is 305 g/mol. The van der Waals surface area contributed by atoms with Gasteiger partial charge in [0.05, 0.1) is 6.04 Å². The van der Waals surface area contributed by atoms with Gasteiger partial charge >= 0.3 is 0 Å². The molecule has 0 aliphatic carbocycles. The molecule has 1 aliphatic heterocycles. The summed E-state index contributed by atoms with van der Waals surface area (Å²) in [5.41, 5.74) is 1.31. The van der Waals surface area contributed by atoms with E-state index in [1.165, 1.54) is 10.4 Å². The third-order valence-corrected chi connectivity index (χ3v) is 4.82. The van der Waals surface area contributed by atoms with Crippen LogP contribution in [-0.4, -0.2) is 33.9 Å². The first kappa shape index (κ1) is 14.3. The van der Waals surface area contributed by atoms with Gasteiger partial charge in [-0.1, -0.05) is 6.92 Å². The third kappa shape index (κ3) is 3.01. The average Bonchev–Trinajstić information content (AvgIpc) is 3.16. The minimum atomic E-state index is 0.0604. The lowest BCUT2D eigenvalue weighted by Crippen LogP contribution is -2.41. The predicted molar refractivity (Wildman–Crippen MR) is 81.0 cm³/mol. The highest BCUT2D eigenvalue weighted by Crippen LogP contribution is 2.35. The van der Waals surface area contributed by atoms with E-state index >= 15 is 0 Å². The van der Waals surface area contributed by atoms with Crippen LogP contribution in [0.15, 0.2) is 23.8 Å². The van der Waals surface area contributed by atoms with Crippen molar-refractivity contribution in [2.75, 3.05) is 13.2 Å². The van der Waals surface area contributed by atoms with Crippen molar-refractivity contribution in [3.05, 3.63) is 40.1 Å². The first-order chi connectivity index (χ1) is 10.3. The van der Waals surface area contributed by atoms with Crippen LogP contribution in [-0.2, 0) is 22.6 Å². The third-order valence-electron chi connectivity index (χ3n) is 3.82. The number of ether oxygens (including phenoxy) is 1. The molecule has 3 rings (SSSR count). The molecule has 1 amide bonds. The number of hydrogen-bond acceptors (Lipinski definition) is 4. The molecule has 0 saturated heterocycles. The molecule has 3 heterocycles. The van der Waals surface area contributed by atoms with Crippen LogP contribution in [0.5, 0.6) is 0 Å². The van der Waals surface area contributed by atoms with Gasteiger partial charge in [-0.25, -0.2) is 4.98 Å². The number of amides is 1. The van der Waals surface area contributed by atoms with Crippen molar-refractivity contribution in [2.45, 2.75) is 32.4 Å². The van der Waals surface area contributed by atoms with Crippen LogP contribution in [0.25, 0.3) is 0 Å². The fraction of sp³-hybridized carbons (Fsp3) is 0.467. The minimum absolute atomic E-state index is 0.0604. The molecule has 0 unspecified atom stereocenters. The number of rotatable bonds is 5. The second-order valence-electron chi connectivity index (χ2n) is 5.09. The molecule has 6 heteroatoms. The summed E-state index contributed by atoms with van der Waals surface area (Å²) in [4.78, 5) is 22.8. The highest BCUT2D eigenvalue weighted by atomic mass is 32.1. The van der Waals surface area contributed by atoms with Crippen molar-refractivity contribution in [2.24, 2.45) is 0 Å². The quantitative estimate of drug-likeness (QED) is 0.923. The van der Waals surface area contributed by atoms with Gasteiger partial charge in [0.1, 0.15) is 19.0 Å². The number of H-pyrrole nitrogens is 1. The van der Waals surface area contributed by atoms with E-state index in [0.29, 0.717) is 6.61 Å². The number of thiophene rings is 1. The number of carbonyl (C=O) groups is 1. The number of fused-ring (bicyclic) bond motifs is 1. The fourth-order valence-electron chi connectivity index (χ4n) is 2.83. The Labute approximate surface area is 128 Å². The summed E-state index contributed by atoms with van der Waals surface area (Å²) in [6, 6.07) is 2.34. The van der Waals surface area contributed by atoms with Gasteiger partial charge in [0, 0.05) is 23.8 Å². The summed E-state index contributed by atoms with van der Waals surface area (Å²) in [5.74, 6) is 0.805. The fourth-order valence-corrected chi connectivity index (χ4v) is 3.76. The van der Waals surface area contributed by atoms with E-state index in [1.807, 2.05) is 4.90 Å². The molecule has 5 nitrogen and oxygen atoms in total. The molecule has 1 aliphatic rings.